The molecule has 2 heterocycles. The Morgan fingerprint density at radius 2 is 2.00 bits per heavy atom. The molecule has 2 aliphatic heterocycles. The number of nitrogens with zero attached hydrogens (tertiary/aromatic N) is 2. The first kappa shape index (κ1) is 12.6. The summed E-state index contributed by atoms with van der Waals surface area (Å²) in [5.41, 5.74) is 1.07. The van der Waals surface area contributed by atoms with Crippen LogP contribution in [-0.2, 0) is 9.53 Å². The lowest BCUT2D eigenvalue weighted by molar-refractivity contribution is -0.122. The van der Waals surface area contributed by atoms with E-state index >= 15 is 0 Å². The molecule has 1 amide bonds. The van der Waals surface area contributed by atoms with Crippen molar-refractivity contribution in [3.8, 4) is 0 Å². The van der Waals surface area contributed by atoms with E-state index in [0.717, 1.165) is 31.7 Å². The lowest BCUT2D eigenvalue weighted by Gasteiger charge is -2.31. The number of carbonyl (C=O) groups excluding carboxylic acids is 1. The first-order valence-corrected chi connectivity index (χ1v) is 6.80. The molecule has 1 spiro atoms. The molecule has 1 aromatic rings. The highest BCUT2D eigenvalue weighted by Crippen LogP contribution is 2.34. The predicted octanol–water partition coefficient (Wildman–Crippen LogP) is 1.37. The van der Waals surface area contributed by atoms with E-state index in [4.69, 9.17) is 4.74 Å². The van der Waals surface area contributed by atoms with E-state index in [0.29, 0.717) is 6.61 Å². The number of hydrogen-bond acceptors (Lipinski definition) is 3. The van der Waals surface area contributed by atoms with Crippen LogP contribution in [0.1, 0.15) is 6.42 Å². The second-order valence-electron chi connectivity index (χ2n) is 5.80. The Morgan fingerprint density at radius 1 is 1.21 bits per heavy atom. The third-order valence-corrected chi connectivity index (χ3v) is 4.13. The number of para-hydroxylation sites is 1. The summed E-state index contributed by atoms with van der Waals surface area (Å²) >= 11 is 0. The molecule has 3 rings (SSSR count). The topological polar surface area (TPSA) is 32.8 Å². The average Bonchev–Trinajstić information content (AvgIpc) is 2.70. The van der Waals surface area contributed by atoms with Gasteiger partial charge in [0.25, 0.3) is 5.91 Å². The number of hydrogen-bond donors (Lipinski definition) is 0. The van der Waals surface area contributed by atoms with Gasteiger partial charge in [0.15, 0.2) is 0 Å². The molecule has 0 bridgehead atoms. The van der Waals surface area contributed by atoms with E-state index in [1.807, 2.05) is 35.2 Å². The molecule has 0 aromatic heterocycles. The zero-order valence-corrected chi connectivity index (χ0v) is 11.3. The third-order valence-electron chi connectivity index (χ3n) is 4.13. The summed E-state index contributed by atoms with van der Waals surface area (Å²) in [6.07, 6.45) is 1.10. The summed E-state index contributed by atoms with van der Waals surface area (Å²) in [6.45, 7) is 3.73. The molecule has 1 aromatic carbocycles. The molecular formula is C15H20N2O2. The van der Waals surface area contributed by atoms with Gasteiger partial charge in [-0.3, -0.25) is 4.79 Å². The van der Waals surface area contributed by atoms with Crippen LogP contribution in [0.5, 0.6) is 0 Å². The third kappa shape index (κ3) is 2.51. The fraction of sp³-hybridized carbons (Fsp3) is 0.533. The smallest absolute Gasteiger partial charge is 0.252 e. The Labute approximate surface area is 113 Å². The Bertz CT molecular complexity index is 462. The lowest BCUT2D eigenvalue weighted by atomic mass is 9.87. The van der Waals surface area contributed by atoms with Gasteiger partial charge in [-0.1, -0.05) is 18.2 Å². The van der Waals surface area contributed by atoms with E-state index in [-0.39, 0.29) is 17.9 Å². The van der Waals surface area contributed by atoms with Crippen LogP contribution < -0.4 is 4.90 Å². The van der Waals surface area contributed by atoms with Gasteiger partial charge in [0.05, 0.1) is 6.61 Å². The largest absolute Gasteiger partial charge is 0.371 e. The minimum absolute atomic E-state index is 0.0672. The number of ether oxygens (including phenoxy) is 1. The van der Waals surface area contributed by atoms with E-state index in [1.54, 1.807) is 0 Å². The van der Waals surface area contributed by atoms with Crippen molar-refractivity contribution < 1.29 is 9.53 Å². The van der Waals surface area contributed by atoms with E-state index < -0.39 is 0 Å². The molecule has 1 atom stereocenters. The maximum absolute atomic E-state index is 12.2. The van der Waals surface area contributed by atoms with Crippen molar-refractivity contribution >= 4 is 11.6 Å². The van der Waals surface area contributed by atoms with Gasteiger partial charge in [0, 0.05) is 24.2 Å². The van der Waals surface area contributed by atoms with Gasteiger partial charge in [0.1, 0.15) is 6.61 Å². The zero-order valence-electron chi connectivity index (χ0n) is 11.3. The normalized spacial score (nSPS) is 28.9. The molecule has 102 valence electrons. The van der Waals surface area contributed by atoms with Crippen molar-refractivity contribution in [1.82, 2.24) is 4.90 Å². The van der Waals surface area contributed by atoms with Crippen LogP contribution in [-0.4, -0.2) is 50.7 Å². The molecule has 0 aliphatic carbocycles. The maximum atomic E-state index is 12.2. The SMILES string of the molecule is CN1CCC2(COCC(=O)N(c3ccccc3)C2)C1. The van der Waals surface area contributed by atoms with Crippen LogP contribution in [0.25, 0.3) is 0 Å². The van der Waals surface area contributed by atoms with Gasteiger partial charge < -0.3 is 14.5 Å². The van der Waals surface area contributed by atoms with Crippen molar-refractivity contribution in [3.05, 3.63) is 30.3 Å². The molecule has 2 saturated heterocycles. The summed E-state index contributed by atoms with van der Waals surface area (Å²) in [7, 11) is 2.13. The number of carbonyl (C=O) groups is 1. The van der Waals surface area contributed by atoms with Crippen molar-refractivity contribution in [3.63, 3.8) is 0 Å². The quantitative estimate of drug-likeness (QED) is 0.764. The molecule has 19 heavy (non-hydrogen) atoms. The molecule has 0 saturated carbocycles. The highest BCUT2D eigenvalue weighted by molar-refractivity contribution is 5.94. The summed E-state index contributed by atoms with van der Waals surface area (Å²) in [5, 5.41) is 0. The maximum Gasteiger partial charge on any atom is 0.252 e. The standard InChI is InChI=1S/C15H20N2O2/c1-16-8-7-15(10-16)11-17(14(18)9-19-12-15)13-5-3-2-4-6-13/h2-6H,7-12H2,1H3. The minimum atomic E-state index is 0.0672. The van der Waals surface area contributed by atoms with Crippen LogP contribution in [0.4, 0.5) is 5.69 Å². The van der Waals surface area contributed by atoms with Gasteiger partial charge in [-0.25, -0.2) is 0 Å². The second kappa shape index (κ2) is 4.94. The van der Waals surface area contributed by atoms with Crippen molar-refractivity contribution in [2.75, 3.05) is 44.8 Å². The number of anilines is 1. The monoisotopic (exact) mass is 260 g/mol. The molecule has 4 nitrogen and oxygen atoms in total. The summed E-state index contributed by atoms with van der Waals surface area (Å²) in [5.74, 6) is 0.0672. The van der Waals surface area contributed by atoms with Gasteiger partial charge in [-0.15, -0.1) is 0 Å². The first-order chi connectivity index (χ1) is 9.19. The number of rotatable bonds is 1. The van der Waals surface area contributed by atoms with E-state index in [1.165, 1.54) is 0 Å². The van der Waals surface area contributed by atoms with E-state index in [2.05, 4.69) is 11.9 Å². The number of likely N-dealkylation sites (tertiary alicyclic amines) is 1. The van der Waals surface area contributed by atoms with Crippen molar-refractivity contribution in [2.45, 2.75) is 6.42 Å². The predicted molar refractivity (Wildman–Crippen MR) is 74.2 cm³/mol. The molecule has 0 radical (unpaired) electrons. The van der Waals surface area contributed by atoms with Crippen LogP contribution in [0.3, 0.4) is 0 Å². The fourth-order valence-electron chi connectivity index (χ4n) is 3.15. The highest BCUT2D eigenvalue weighted by Gasteiger charge is 2.41. The molecule has 2 fully saturated rings. The van der Waals surface area contributed by atoms with Gasteiger partial charge in [0.2, 0.25) is 0 Å². The molecule has 2 aliphatic rings. The van der Waals surface area contributed by atoms with Crippen LogP contribution >= 0.6 is 0 Å². The Morgan fingerprint density at radius 3 is 2.68 bits per heavy atom. The average molecular weight is 260 g/mol. The Kier molecular flexibility index (Phi) is 3.29. The fourth-order valence-corrected chi connectivity index (χ4v) is 3.15. The molecular weight excluding hydrogens is 240 g/mol. The Hall–Kier alpha value is -1.39. The summed E-state index contributed by atoms with van der Waals surface area (Å²) < 4.78 is 5.63. The minimum Gasteiger partial charge on any atom is -0.371 e. The van der Waals surface area contributed by atoms with Gasteiger partial charge >= 0.3 is 0 Å². The molecule has 4 heteroatoms. The number of benzene rings is 1. The molecule has 1 unspecified atom stereocenters. The van der Waals surface area contributed by atoms with Crippen molar-refractivity contribution in [2.24, 2.45) is 5.41 Å². The van der Waals surface area contributed by atoms with Gasteiger partial charge in [-0.05, 0) is 32.1 Å². The first-order valence-electron chi connectivity index (χ1n) is 6.80. The molecule has 0 N–H and O–H groups in total. The van der Waals surface area contributed by atoms with Crippen LogP contribution in [0, 0.1) is 5.41 Å². The van der Waals surface area contributed by atoms with Crippen molar-refractivity contribution in [1.29, 1.82) is 0 Å². The lowest BCUT2D eigenvalue weighted by Crippen LogP contribution is -2.42. The zero-order chi connectivity index (χ0) is 13.3. The Balaban J connectivity index is 1.87. The number of amides is 1. The van der Waals surface area contributed by atoms with Gasteiger partial charge in [-0.2, -0.15) is 0 Å². The van der Waals surface area contributed by atoms with E-state index in [9.17, 15) is 4.79 Å². The summed E-state index contributed by atoms with van der Waals surface area (Å²) in [6, 6.07) is 9.91. The second-order valence-corrected chi connectivity index (χ2v) is 5.80. The van der Waals surface area contributed by atoms with Crippen LogP contribution in [0.15, 0.2) is 30.3 Å². The van der Waals surface area contributed by atoms with Crippen LogP contribution in [0.2, 0.25) is 0 Å². The highest BCUT2D eigenvalue weighted by atomic mass is 16.5. The summed E-state index contributed by atoms with van der Waals surface area (Å²) in [4.78, 5) is 16.4.